The Morgan fingerprint density at radius 1 is 1.00 bits per heavy atom. The summed E-state index contributed by atoms with van der Waals surface area (Å²) in [5.74, 6) is -0.255. The number of amides is 1. The average molecular weight is 348 g/mol. The maximum atomic E-state index is 13.1. The fourth-order valence-corrected chi connectivity index (χ4v) is 3.23. The molecule has 0 unspecified atom stereocenters. The number of hydrogen-bond donors (Lipinski definition) is 1. The van der Waals surface area contributed by atoms with Crippen LogP contribution >= 0.6 is 0 Å². The van der Waals surface area contributed by atoms with Gasteiger partial charge in [-0.3, -0.25) is 9.69 Å². The normalized spacial score (nSPS) is 13.9. The van der Waals surface area contributed by atoms with Crippen LogP contribution in [0.3, 0.4) is 0 Å². The van der Waals surface area contributed by atoms with Crippen molar-refractivity contribution in [1.29, 1.82) is 0 Å². The zero-order valence-electron chi connectivity index (χ0n) is 14.5. The van der Waals surface area contributed by atoms with Crippen LogP contribution in [0.15, 0.2) is 66.7 Å². The van der Waals surface area contributed by atoms with E-state index in [0.717, 1.165) is 34.9 Å². The van der Waals surface area contributed by atoms with Gasteiger partial charge in [0.05, 0.1) is 6.54 Å². The van der Waals surface area contributed by atoms with Crippen molar-refractivity contribution in [1.82, 2.24) is 4.90 Å². The Bertz CT molecular complexity index is 919. The molecule has 1 amide bonds. The minimum atomic E-state index is -0.235. The molecule has 4 rings (SSSR count). The van der Waals surface area contributed by atoms with E-state index in [4.69, 9.17) is 0 Å². The van der Waals surface area contributed by atoms with Crippen LogP contribution in [0.25, 0.3) is 10.8 Å². The summed E-state index contributed by atoms with van der Waals surface area (Å²) in [7, 11) is 0. The molecule has 0 aliphatic heterocycles. The van der Waals surface area contributed by atoms with E-state index in [-0.39, 0.29) is 11.7 Å². The molecule has 26 heavy (non-hydrogen) atoms. The molecule has 3 nitrogen and oxygen atoms in total. The summed E-state index contributed by atoms with van der Waals surface area (Å²) in [6.07, 6.45) is 2.23. The van der Waals surface area contributed by atoms with E-state index in [1.54, 1.807) is 12.1 Å². The molecule has 1 saturated carbocycles. The number of fused-ring (bicyclic) bond motifs is 1. The molecule has 3 aromatic carbocycles. The first-order valence-corrected chi connectivity index (χ1v) is 8.94. The minimum Gasteiger partial charge on any atom is -0.325 e. The lowest BCUT2D eigenvalue weighted by Crippen LogP contribution is -2.34. The summed E-state index contributed by atoms with van der Waals surface area (Å²) in [5.41, 5.74) is 1.84. The summed E-state index contributed by atoms with van der Waals surface area (Å²) < 4.78 is 13.1. The summed E-state index contributed by atoms with van der Waals surface area (Å²) in [6, 6.07) is 21.0. The number of anilines is 1. The molecular weight excluding hydrogens is 327 g/mol. The van der Waals surface area contributed by atoms with Crippen LogP contribution in [-0.2, 0) is 11.3 Å². The summed E-state index contributed by atoms with van der Waals surface area (Å²) in [6.45, 7) is 1.00. The molecule has 0 bridgehead atoms. The van der Waals surface area contributed by atoms with Crippen molar-refractivity contribution in [3.63, 3.8) is 0 Å². The smallest absolute Gasteiger partial charge is 0.238 e. The number of nitrogens with zero attached hydrogens (tertiary/aromatic N) is 1. The Morgan fingerprint density at radius 2 is 1.73 bits per heavy atom. The van der Waals surface area contributed by atoms with Gasteiger partial charge in [0.25, 0.3) is 0 Å². The fourth-order valence-electron chi connectivity index (χ4n) is 3.23. The molecule has 0 heterocycles. The Hall–Kier alpha value is -2.72. The average Bonchev–Trinajstić information content (AvgIpc) is 3.48. The second kappa shape index (κ2) is 7.26. The molecule has 3 aromatic rings. The minimum absolute atomic E-state index is 0.0192. The number of carbonyl (C=O) groups is 1. The van der Waals surface area contributed by atoms with Crippen LogP contribution in [0, 0.1) is 5.82 Å². The number of halogens is 1. The number of carbonyl (C=O) groups excluding carboxylic acids is 1. The van der Waals surface area contributed by atoms with Gasteiger partial charge in [-0.1, -0.05) is 42.5 Å². The second-order valence-electron chi connectivity index (χ2n) is 6.87. The standard InChI is InChI=1S/C22H21FN2O/c23-19-8-5-16(6-9-19)14-25(21-11-12-21)15-22(26)24-20-10-7-17-3-1-2-4-18(17)13-20/h1-10,13,21H,11-12,14-15H2,(H,24,26). The fraction of sp³-hybridized carbons (Fsp3) is 0.227. The molecule has 0 radical (unpaired) electrons. The highest BCUT2D eigenvalue weighted by Gasteiger charge is 2.30. The second-order valence-corrected chi connectivity index (χ2v) is 6.87. The van der Waals surface area contributed by atoms with E-state index >= 15 is 0 Å². The van der Waals surface area contributed by atoms with Gasteiger partial charge in [0.15, 0.2) is 0 Å². The van der Waals surface area contributed by atoms with Crippen molar-refractivity contribution in [2.75, 3.05) is 11.9 Å². The molecule has 1 fully saturated rings. The molecule has 132 valence electrons. The zero-order valence-corrected chi connectivity index (χ0v) is 14.5. The Kier molecular flexibility index (Phi) is 4.67. The lowest BCUT2D eigenvalue weighted by Gasteiger charge is -2.21. The number of hydrogen-bond acceptors (Lipinski definition) is 2. The van der Waals surface area contributed by atoms with Gasteiger partial charge < -0.3 is 5.32 Å². The van der Waals surface area contributed by atoms with E-state index < -0.39 is 0 Å². The molecule has 0 saturated heterocycles. The van der Waals surface area contributed by atoms with E-state index in [2.05, 4.69) is 16.3 Å². The third kappa shape index (κ3) is 4.09. The topological polar surface area (TPSA) is 32.3 Å². The number of nitrogens with one attached hydrogen (secondary N) is 1. The lowest BCUT2D eigenvalue weighted by atomic mass is 10.1. The van der Waals surface area contributed by atoms with Gasteiger partial charge in [-0.15, -0.1) is 0 Å². The zero-order chi connectivity index (χ0) is 17.9. The monoisotopic (exact) mass is 348 g/mol. The van der Waals surface area contributed by atoms with E-state index in [9.17, 15) is 9.18 Å². The van der Waals surface area contributed by atoms with Crippen LogP contribution in [0.5, 0.6) is 0 Å². The van der Waals surface area contributed by atoms with Gasteiger partial charge in [-0.25, -0.2) is 4.39 Å². The third-order valence-corrected chi connectivity index (χ3v) is 4.74. The maximum Gasteiger partial charge on any atom is 0.238 e. The highest BCUT2D eigenvalue weighted by molar-refractivity contribution is 5.95. The molecule has 1 aliphatic rings. The van der Waals surface area contributed by atoms with Crippen molar-refractivity contribution in [2.24, 2.45) is 0 Å². The van der Waals surface area contributed by atoms with Crippen LogP contribution in [0.2, 0.25) is 0 Å². The molecule has 0 spiro atoms. The van der Waals surface area contributed by atoms with Gasteiger partial charge in [0.2, 0.25) is 5.91 Å². The van der Waals surface area contributed by atoms with Crippen LogP contribution in [0.1, 0.15) is 18.4 Å². The van der Waals surface area contributed by atoms with Crippen molar-refractivity contribution in [3.05, 3.63) is 78.1 Å². The Morgan fingerprint density at radius 3 is 2.46 bits per heavy atom. The van der Waals surface area contributed by atoms with E-state index in [0.29, 0.717) is 19.1 Å². The highest BCUT2D eigenvalue weighted by atomic mass is 19.1. The highest BCUT2D eigenvalue weighted by Crippen LogP contribution is 2.28. The van der Waals surface area contributed by atoms with Gasteiger partial charge in [-0.05, 0) is 53.4 Å². The molecule has 4 heteroatoms. The lowest BCUT2D eigenvalue weighted by molar-refractivity contribution is -0.117. The van der Waals surface area contributed by atoms with E-state index in [1.165, 1.54) is 12.1 Å². The number of rotatable bonds is 6. The SMILES string of the molecule is O=C(CN(Cc1ccc(F)cc1)C1CC1)Nc1ccc2ccccc2c1. The quantitative estimate of drug-likeness (QED) is 0.707. The molecule has 1 aliphatic carbocycles. The van der Waals surface area contributed by atoms with Crippen LogP contribution < -0.4 is 5.32 Å². The van der Waals surface area contributed by atoms with Crippen molar-refractivity contribution < 1.29 is 9.18 Å². The Balaban J connectivity index is 1.41. The van der Waals surface area contributed by atoms with Crippen molar-refractivity contribution in [3.8, 4) is 0 Å². The Labute approximate surface area is 152 Å². The van der Waals surface area contributed by atoms with Gasteiger partial charge in [-0.2, -0.15) is 0 Å². The first kappa shape index (κ1) is 16.7. The van der Waals surface area contributed by atoms with Gasteiger partial charge in [0, 0.05) is 18.3 Å². The van der Waals surface area contributed by atoms with Crippen LogP contribution in [0.4, 0.5) is 10.1 Å². The van der Waals surface area contributed by atoms with Crippen LogP contribution in [-0.4, -0.2) is 23.4 Å². The first-order chi connectivity index (χ1) is 12.7. The predicted octanol–water partition coefficient (Wildman–Crippen LogP) is 4.58. The molecule has 0 atom stereocenters. The summed E-state index contributed by atoms with van der Waals surface area (Å²) >= 11 is 0. The molecular formula is C22H21FN2O. The molecule has 0 aromatic heterocycles. The van der Waals surface area contributed by atoms with E-state index in [1.807, 2.05) is 36.4 Å². The van der Waals surface area contributed by atoms with Crippen molar-refractivity contribution >= 4 is 22.4 Å². The summed E-state index contributed by atoms with van der Waals surface area (Å²) in [4.78, 5) is 14.7. The first-order valence-electron chi connectivity index (χ1n) is 8.94. The predicted molar refractivity (Wildman–Crippen MR) is 102 cm³/mol. The largest absolute Gasteiger partial charge is 0.325 e. The van der Waals surface area contributed by atoms with Gasteiger partial charge >= 0.3 is 0 Å². The summed E-state index contributed by atoms with van der Waals surface area (Å²) in [5, 5.41) is 5.26. The number of benzene rings is 3. The van der Waals surface area contributed by atoms with Gasteiger partial charge in [0.1, 0.15) is 5.82 Å². The molecule has 1 N–H and O–H groups in total. The third-order valence-electron chi connectivity index (χ3n) is 4.74. The maximum absolute atomic E-state index is 13.1. The van der Waals surface area contributed by atoms with Crippen molar-refractivity contribution in [2.45, 2.75) is 25.4 Å².